The van der Waals surface area contributed by atoms with Crippen molar-refractivity contribution in [2.75, 3.05) is 31.1 Å². The number of likely N-dealkylation sites (tertiary alicyclic amines) is 1. The number of aromatic nitrogens is 5. The number of amides is 1. The van der Waals surface area contributed by atoms with Crippen LogP contribution in [0.1, 0.15) is 11.4 Å². The summed E-state index contributed by atoms with van der Waals surface area (Å²) in [6.45, 7) is 6.78. The van der Waals surface area contributed by atoms with Crippen molar-refractivity contribution in [3.63, 3.8) is 0 Å². The zero-order valence-electron chi connectivity index (χ0n) is 17.0. The number of hydrogen-bond acceptors (Lipinski definition) is 6. The van der Waals surface area contributed by atoms with Gasteiger partial charge in [0, 0.05) is 49.4 Å². The molecule has 2 aromatic rings. The van der Waals surface area contributed by atoms with Crippen molar-refractivity contribution >= 4 is 11.9 Å². The Kier molecular flexibility index (Phi) is 4.41. The van der Waals surface area contributed by atoms with Gasteiger partial charge in [0.2, 0.25) is 11.9 Å². The number of carbonyl (C=O) groups is 1. The van der Waals surface area contributed by atoms with Gasteiger partial charge in [0.1, 0.15) is 5.92 Å². The average molecular weight is 409 g/mol. The van der Waals surface area contributed by atoms with E-state index >= 15 is 4.39 Å². The molecule has 3 aliphatic rings. The first-order valence-electron chi connectivity index (χ1n) is 10.2. The van der Waals surface area contributed by atoms with Crippen molar-refractivity contribution in [2.24, 2.45) is 17.8 Å². The fourth-order valence-corrected chi connectivity index (χ4v) is 4.83. The van der Waals surface area contributed by atoms with E-state index in [0.29, 0.717) is 24.9 Å². The van der Waals surface area contributed by atoms with Gasteiger partial charge in [-0.1, -0.05) is 18.2 Å². The van der Waals surface area contributed by atoms with E-state index in [-0.39, 0.29) is 5.91 Å². The van der Waals surface area contributed by atoms with E-state index in [9.17, 15) is 4.79 Å². The van der Waals surface area contributed by atoms with Crippen LogP contribution in [0.3, 0.4) is 0 Å². The summed E-state index contributed by atoms with van der Waals surface area (Å²) in [4.78, 5) is 27.4. The SMILES string of the molecule is Cc1cc(C)nc(N2CC3CN(C(=O)C4C=CC=CC4(F)n4nccn4)CC3C2)n1. The Labute approximate surface area is 174 Å². The van der Waals surface area contributed by atoms with Gasteiger partial charge in [-0.2, -0.15) is 10.2 Å². The summed E-state index contributed by atoms with van der Waals surface area (Å²) in [6, 6.07) is 1.96. The minimum absolute atomic E-state index is 0.223. The molecular weight excluding hydrogens is 385 g/mol. The smallest absolute Gasteiger partial charge is 0.253 e. The standard InChI is InChI=1S/C21H24FN7O/c1-14-9-15(2)26-20(25-14)28-12-16-10-27(11-17(16)13-28)19(30)18-5-3-4-6-21(18,22)29-23-7-8-24-29/h3-9,16-18H,10-13H2,1-2H3. The van der Waals surface area contributed by atoms with Gasteiger partial charge in [-0.15, -0.1) is 4.80 Å². The molecule has 2 aromatic heterocycles. The van der Waals surface area contributed by atoms with E-state index < -0.39 is 11.7 Å². The number of halogens is 1. The van der Waals surface area contributed by atoms with Crippen molar-refractivity contribution in [2.45, 2.75) is 19.6 Å². The third-order valence-corrected chi connectivity index (χ3v) is 6.22. The quantitative estimate of drug-likeness (QED) is 0.767. The van der Waals surface area contributed by atoms with Crippen molar-refractivity contribution in [3.05, 3.63) is 54.2 Å². The molecule has 4 atom stereocenters. The van der Waals surface area contributed by atoms with Gasteiger partial charge in [0.05, 0.1) is 12.4 Å². The van der Waals surface area contributed by atoms with Crippen LogP contribution in [-0.2, 0) is 10.6 Å². The number of fused-ring (bicyclic) bond motifs is 1. The molecule has 5 rings (SSSR count). The first-order valence-corrected chi connectivity index (χ1v) is 10.2. The van der Waals surface area contributed by atoms with E-state index in [1.165, 1.54) is 18.5 Å². The molecule has 30 heavy (non-hydrogen) atoms. The summed E-state index contributed by atoms with van der Waals surface area (Å²) in [7, 11) is 0. The zero-order valence-corrected chi connectivity index (χ0v) is 17.0. The number of carbonyl (C=O) groups excluding carboxylic acids is 1. The Hall–Kier alpha value is -3.10. The lowest BCUT2D eigenvalue weighted by Gasteiger charge is -2.32. The molecule has 1 amide bonds. The Bertz CT molecular complexity index is 986. The number of anilines is 1. The van der Waals surface area contributed by atoms with Gasteiger partial charge < -0.3 is 9.80 Å². The second-order valence-corrected chi connectivity index (χ2v) is 8.39. The van der Waals surface area contributed by atoms with Crippen LogP contribution in [0.25, 0.3) is 0 Å². The van der Waals surface area contributed by atoms with Crippen molar-refractivity contribution in [3.8, 4) is 0 Å². The minimum Gasteiger partial charge on any atom is -0.341 e. The summed E-state index contributed by atoms with van der Waals surface area (Å²) in [5, 5.41) is 7.88. The van der Waals surface area contributed by atoms with E-state index in [4.69, 9.17) is 0 Å². The zero-order chi connectivity index (χ0) is 20.9. The monoisotopic (exact) mass is 409 g/mol. The molecule has 0 aromatic carbocycles. The fraction of sp³-hybridized carbons (Fsp3) is 0.476. The molecule has 0 radical (unpaired) electrons. The van der Waals surface area contributed by atoms with Gasteiger partial charge in [0.25, 0.3) is 5.79 Å². The van der Waals surface area contributed by atoms with Crippen molar-refractivity contribution in [1.29, 1.82) is 0 Å². The van der Waals surface area contributed by atoms with Gasteiger partial charge >= 0.3 is 0 Å². The van der Waals surface area contributed by atoms with Crippen LogP contribution < -0.4 is 4.90 Å². The molecule has 0 saturated carbocycles. The number of aryl methyl sites for hydroxylation is 2. The second kappa shape index (κ2) is 7.00. The normalized spacial score (nSPS) is 30.2. The Morgan fingerprint density at radius 1 is 1.03 bits per heavy atom. The molecule has 2 fully saturated rings. The van der Waals surface area contributed by atoms with E-state index in [1.807, 2.05) is 19.9 Å². The lowest BCUT2D eigenvalue weighted by molar-refractivity contribution is -0.140. The highest BCUT2D eigenvalue weighted by molar-refractivity contribution is 5.82. The largest absolute Gasteiger partial charge is 0.341 e. The number of nitrogens with zero attached hydrogens (tertiary/aromatic N) is 7. The summed E-state index contributed by atoms with van der Waals surface area (Å²) in [5.74, 6) is -1.87. The third kappa shape index (κ3) is 3.09. The van der Waals surface area contributed by atoms with Crippen LogP contribution in [0.2, 0.25) is 0 Å². The van der Waals surface area contributed by atoms with Crippen LogP contribution in [0.4, 0.5) is 10.3 Å². The van der Waals surface area contributed by atoms with Crippen LogP contribution in [0, 0.1) is 31.6 Å². The van der Waals surface area contributed by atoms with Crippen LogP contribution >= 0.6 is 0 Å². The molecule has 4 unspecified atom stereocenters. The predicted molar refractivity (Wildman–Crippen MR) is 108 cm³/mol. The minimum atomic E-state index is -2.09. The topological polar surface area (TPSA) is 80.0 Å². The summed E-state index contributed by atoms with van der Waals surface area (Å²) < 4.78 is 15.8. The number of alkyl halides is 1. The second-order valence-electron chi connectivity index (χ2n) is 8.39. The fourth-order valence-electron chi connectivity index (χ4n) is 4.83. The molecule has 0 spiro atoms. The summed E-state index contributed by atoms with van der Waals surface area (Å²) >= 11 is 0. The highest BCUT2D eigenvalue weighted by Gasteiger charge is 2.49. The first-order chi connectivity index (χ1) is 14.4. The molecular formula is C21H24FN7O. The van der Waals surface area contributed by atoms with Crippen LogP contribution in [0.15, 0.2) is 42.8 Å². The Morgan fingerprint density at radius 2 is 1.67 bits per heavy atom. The Balaban J connectivity index is 1.30. The van der Waals surface area contributed by atoms with Crippen molar-refractivity contribution < 1.29 is 9.18 Å². The van der Waals surface area contributed by atoms with E-state index in [1.54, 1.807) is 23.1 Å². The molecule has 4 heterocycles. The lowest BCUT2D eigenvalue weighted by Crippen LogP contribution is -2.47. The third-order valence-electron chi connectivity index (χ3n) is 6.22. The van der Waals surface area contributed by atoms with Gasteiger partial charge in [-0.3, -0.25) is 4.79 Å². The molecule has 2 aliphatic heterocycles. The number of allylic oxidation sites excluding steroid dienone is 3. The molecule has 2 saturated heterocycles. The van der Waals surface area contributed by atoms with Crippen molar-refractivity contribution in [1.82, 2.24) is 29.9 Å². The van der Waals surface area contributed by atoms with E-state index in [0.717, 1.165) is 35.2 Å². The molecule has 8 nitrogen and oxygen atoms in total. The number of hydrogen-bond donors (Lipinski definition) is 0. The van der Waals surface area contributed by atoms with Crippen LogP contribution in [-0.4, -0.2) is 61.9 Å². The maximum atomic E-state index is 15.8. The number of rotatable bonds is 3. The molecule has 156 valence electrons. The maximum Gasteiger partial charge on any atom is 0.253 e. The molecule has 0 N–H and O–H groups in total. The summed E-state index contributed by atoms with van der Waals surface area (Å²) in [6.07, 6.45) is 9.09. The van der Waals surface area contributed by atoms with E-state index in [2.05, 4.69) is 25.1 Å². The lowest BCUT2D eigenvalue weighted by atomic mass is 9.91. The van der Waals surface area contributed by atoms with Gasteiger partial charge in [-0.05, 0) is 26.0 Å². The highest BCUT2D eigenvalue weighted by Crippen LogP contribution is 2.38. The summed E-state index contributed by atoms with van der Waals surface area (Å²) in [5.41, 5.74) is 1.91. The molecule has 9 heteroatoms. The molecule has 1 aliphatic carbocycles. The van der Waals surface area contributed by atoms with Gasteiger partial charge in [-0.25, -0.2) is 14.4 Å². The average Bonchev–Trinajstić information content (AvgIpc) is 3.43. The predicted octanol–water partition coefficient (Wildman–Crippen LogP) is 1.64. The first kappa shape index (κ1) is 18.9. The Morgan fingerprint density at radius 3 is 2.30 bits per heavy atom. The highest BCUT2D eigenvalue weighted by atomic mass is 19.1. The molecule has 0 bridgehead atoms. The van der Waals surface area contributed by atoms with Gasteiger partial charge in [0.15, 0.2) is 0 Å². The maximum absolute atomic E-state index is 15.8. The van der Waals surface area contributed by atoms with Crippen LogP contribution in [0.5, 0.6) is 0 Å².